The van der Waals surface area contributed by atoms with Gasteiger partial charge in [0, 0.05) is 16.8 Å². The number of benzene rings is 1. The number of carbonyl (C=O) groups is 1. The van der Waals surface area contributed by atoms with Gasteiger partial charge in [0.2, 0.25) is 0 Å². The standard InChI is InChI=1S/C16H15N3OS/c1-11-15(19-10-4-3-5-14(19)17-11)16(20)18-12-6-8-13(21-2)9-7-12/h3-10H,1-2H3,(H,18,20). The Hall–Kier alpha value is -2.27. The molecule has 0 bridgehead atoms. The Morgan fingerprint density at radius 1 is 1.19 bits per heavy atom. The fraction of sp³-hybridized carbons (Fsp3) is 0.125. The number of pyridine rings is 1. The molecule has 0 atom stereocenters. The molecule has 2 heterocycles. The van der Waals surface area contributed by atoms with Gasteiger partial charge in [-0.3, -0.25) is 9.20 Å². The van der Waals surface area contributed by atoms with Crippen LogP contribution in [0, 0.1) is 6.92 Å². The van der Waals surface area contributed by atoms with E-state index in [1.54, 1.807) is 16.2 Å². The van der Waals surface area contributed by atoms with Crippen LogP contribution in [0.1, 0.15) is 16.2 Å². The molecule has 5 heteroatoms. The lowest BCUT2D eigenvalue weighted by Crippen LogP contribution is -2.15. The van der Waals surface area contributed by atoms with Crippen molar-refractivity contribution in [2.75, 3.05) is 11.6 Å². The van der Waals surface area contributed by atoms with Crippen molar-refractivity contribution in [1.82, 2.24) is 9.38 Å². The van der Waals surface area contributed by atoms with Crippen LogP contribution in [0.4, 0.5) is 5.69 Å². The highest BCUT2D eigenvalue weighted by Gasteiger charge is 2.16. The third-order valence-electron chi connectivity index (χ3n) is 3.27. The van der Waals surface area contributed by atoms with Gasteiger partial charge in [-0.05, 0) is 49.6 Å². The lowest BCUT2D eigenvalue weighted by Gasteiger charge is -2.06. The summed E-state index contributed by atoms with van der Waals surface area (Å²) in [5, 5.41) is 2.92. The number of fused-ring (bicyclic) bond motifs is 1. The maximum Gasteiger partial charge on any atom is 0.274 e. The Kier molecular flexibility index (Phi) is 3.66. The SMILES string of the molecule is CSc1ccc(NC(=O)c2c(C)nc3ccccn23)cc1. The quantitative estimate of drug-likeness (QED) is 0.751. The second-order valence-electron chi connectivity index (χ2n) is 4.66. The molecule has 3 aromatic rings. The second kappa shape index (κ2) is 5.61. The Balaban J connectivity index is 1.91. The minimum atomic E-state index is -0.150. The smallest absolute Gasteiger partial charge is 0.274 e. The summed E-state index contributed by atoms with van der Waals surface area (Å²) in [5.41, 5.74) is 2.85. The lowest BCUT2D eigenvalue weighted by molar-refractivity contribution is 0.102. The summed E-state index contributed by atoms with van der Waals surface area (Å²) < 4.78 is 1.81. The van der Waals surface area contributed by atoms with E-state index in [4.69, 9.17) is 0 Å². The van der Waals surface area contributed by atoms with Crippen LogP contribution in [-0.4, -0.2) is 21.5 Å². The molecule has 3 rings (SSSR count). The molecule has 2 aromatic heterocycles. The first-order valence-electron chi connectivity index (χ1n) is 6.58. The molecule has 0 aliphatic rings. The number of carbonyl (C=O) groups excluding carboxylic acids is 1. The normalized spacial score (nSPS) is 10.8. The fourth-order valence-electron chi connectivity index (χ4n) is 2.25. The lowest BCUT2D eigenvalue weighted by atomic mass is 10.3. The minimum absolute atomic E-state index is 0.150. The summed E-state index contributed by atoms with van der Waals surface area (Å²) in [6.07, 6.45) is 3.87. The number of aryl methyl sites for hydroxylation is 1. The predicted molar refractivity (Wildman–Crippen MR) is 86.1 cm³/mol. The van der Waals surface area contributed by atoms with Crippen molar-refractivity contribution in [3.8, 4) is 0 Å². The molecule has 21 heavy (non-hydrogen) atoms. The van der Waals surface area contributed by atoms with Crippen LogP contribution >= 0.6 is 11.8 Å². The Bertz CT molecular complexity index is 793. The zero-order valence-electron chi connectivity index (χ0n) is 11.8. The van der Waals surface area contributed by atoms with Crippen LogP contribution in [0.25, 0.3) is 5.65 Å². The first kappa shape index (κ1) is 13.7. The van der Waals surface area contributed by atoms with Gasteiger partial charge in [-0.15, -0.1) is 11.8 Å². The van der Waals surface area contributed by atoms with Gasteiger partial charge in [-0.2, -0.15) is 0 Å². The van der Waals surface area contributed by atoms with E-state index in [9.17, 15) is 4.79 Å². The van der Waals surface area contributed by atoms with Crippen molar-refractivity contribution in [3.63, 3.8) is 0 Å². The Morgan fingerprint density at radius 3 is 2.67 bits per heavy atom. The van der Waals surface area contributed by atoms with E-state index < -0.39 is 0 Å². The van der Waals surface area contributed by atoms with Gasteiger partial charge in [-0.1, -0.05) is 6.07 Å². The molecule has 0 radical (unpaired) electrons. The molecule has 106 valence electrons. The third-order valence-corrected chi connectivity index (χ3v) is 4.01. The van der Waals surface area contributed by atoms with Gasteiger partial charge < -0.3 is 5.32 Å². The van der Waals surface area contributed by atoms with E-state index in [-0.39, 0.29) is 5.91 Å². The minimum Gasteiger partial charge on any atom is -0.321 e. The largest absolute Gasteiger partial charge is 0.321 e. The number of nitrogens with one attached hydrogen (secondary N) is 1. The molecule has 0 fully saturated rings. The molecule has 4 nitrogen and oxygen atoms in total. The van der Waals surface area contributed by atoms with E-state index in [2.05, 4.69) is 10.3 Å². The van der Waals surface area contributed by atoms with E-state index in [0.29, 0.717) is 5.69 Å². The van der Waals surface area contributed by atoms with Gasteiger partial charge in [-0.25, -0.2) is 4.98 Å². The van der Waals surface area contributed by atoms with E-state index in [0.717, 1.165) is 17.0 Å². The number of nitrogens with zero attached hydrogens (tertiary/aromatic N) is 2. The highest BCUT2D eigenvalue weighted by Crippen LogP contribution is 2.19. The molecule has 0 saturated carbocycles. The zero-order valence-corrected chi connectivity index (χ0v) is 12.6. The van der Waals surface area contributed by atoms with Crippen molar-refractivity contribution in [2.24, 2.45) is 0 Å². The van der Waals surface area contributed by atoms with Crippen molar-refractivity contribution in [2.45, 2.75) is 11.8 Å². The van der Waals surface area contributed by atoms with Crippen LogP contribution in [0.5, 0.6) is 0 Å². The fourth-order valence-corrected chi connectivity index (χ4v) is 2.66. The molecule has 1 aromatic carbocycles. The molecule has 0 saturated heterocycles. The zero-order chi connectivity index (χ0) is 14.8. The Morgan fingerprint density at radius 2 is 1.95 bits per heavy atom. The maximum absolute atomic E-state index is 12.5. The van der Waals surface area contributed by atoms with Gasteiger partial charge in [0.15, 0.2) is 0 Å². The predicted octanol–water partition coefficient (Wildman–Crippen LogP) is 3.62. The van der Waals surface area contributed by atoms with E-state index in [1.807, 2.05) is 61.8 Å². The summed E-state index contributed by atoms with van der Waals surface area (Å²) in [4.78, 5) is 18.1. The van der Waals surface area contributed by atoms with Crippen molar-refractivity contribution >= 4 is 29.0 Å². The first-order chi connectivity index (χ1) is 10.2. The van der Waals surface area contributed by atoms with Crippen LogP contribution in [0.3, 0.4) is 0 Å². The summed E-state index contributed by atoms with van der Waals surface area (Å²) in [6, 6.07) is 13.5. The van der Waals surface area contributed by atoms with Crippen molar-refractivity contribution in [3.05, 3.63) is 60.0 Å². The van der Waals surface area contributed by atoms with Gasteiger partial charge in [0.25, 0.3) is 5.91 Å². The molecule has 0 aliphatic heterocycles. The van der Waals surface area contributed by atoms with Gasteiger partial charge in [0.05, 0.1) is 5.69 Å². The van der Waals surface area contributed by atoms with E-state index in [1.165, 1.54) is 4.90 Å². The summed E-state index contributed by atoms with van der Waals surface area (Å²) in [5.74, 6) is -0.150. The molecule has 1 amide bonds. The number of aromatic nitrogens is 2. The average molecular weight is 297 g/mol. The number of thioether (sulfide) groups is 1. The average Bonchev–Trinajstić information content (AvgIpc) is 2.83. The first-order valence-corrected chi connectivity index (χ1v) is 7.80. The monoisotopic (exact) mass is 297 g/mol. The topological polar surface area (TPSA) is 46.4 Å². The molecular weight excluding hydrogens is 282 g/mol. The second-order valence-corrected chi connectivity index (χ2v) is 5.54. The summed E-state index contributed by atoms with van der Waals surface area (Å²) in [7, 11) is 0. The molecule has 0 aliphatic carbocycles. The molecule has 1 N–H and O–H groups in total. The van der Waals surface area contributed by atoms with Crippen LogP contribution < -0.4 is 5.32 Å². The van der Waals surface area contributed by atoms with Gasteiger partial charge in [0.1, 0.15) is 11.3 Å². The van der Waals surface area contributed by atoms with Crippen molar-refractivity contribution in [1.29, 1.82) is 0 Å². The number of hydrogen-bond donors (Lipinski definition) is 1. The number of anilines is 1. The van der Waals surface area contributed by atoms with Crippen LogP contribution in [0.15, 0.2) is 53.6 Å². The number of hydrogen-bond acceptors (Lipinski definition) is 3. The maximum atomic E-state index is 12.5. The van der Waals surface area contributed by atoms with E-state index >= 15 is 0 Å². The highest BCUT2D eigenvalue weighted by atomic mass is 32.2. The van der Waals surface area contributed by atoms with Crippen molar-refractivity contribution < 1.29 is 4.79 Å². The Labute approximate surface area is 127 Å². The molecule has 0 spiro atoms. The summed E-state index contributed by atoms with van der Waals surface area (Å²) in [6.45, 7) is 1.85. The third kappa shape index (κ3) is 2.64. The molecular formula is C16H15N3OS. The van der Waals surface area contributed by atoms with Crippen LogP contribution in [0.2, 0.25) is 0 Å². The van der Waals surface area contributed by atoms with Crippen LogP contribution in [-0.2, 0) is 0 Å². The molecule has 0 unspecified atom stereocenters. The number of imidazole rings is 1. The van der Waals surface area contributed by atoms with Gasteiger partial charge >= 0.3 is 0 Å². The highest BCUT2D eigenvalue weighted by molar-refractivity contribution is 7.98. The number of rotatable bonds is 3. The summed E-state index contributed by atoms with van der Waals surface area (Å²) >= 11 is 1.67. The number of amides is 1.